The van der Waals surface area contributed by atoms with Crippen LogP contribution in [0.1, 0.15) is 16.8 Å². The van der Waals surface area contributed by atoms with Crippen molar-refractivity contribution in [2.45, 2.75) is 13.3 Å². The molecule has 0 aliphatic rings. The van der Waals surface area contributed by atoms with E-state index in [-0.39, 0.29) is 5.56 Å². The van der Waals surface area contributed by atoms with E-state index in [9.17, 15) is 4.79 Å². The molecule has 2 rings (SSSR count). The maximum Gasteiger partial charge on any atom is 0.255 e. The lowest BCUT2D eigenvalue weighted by atomic mass is 10.1. The van der Waals surface area contributed by atoms with Crippen LogP contribution in [0.4, 0.5) is 0 Å². The minimum atomic E-state index is -0.153. The van der Waals surface area contributed by atoms with Crippen molar-refractivity contribution in [1.82, 2.24) is 20.2 Å². The molecule has 2 heterocycles. The van der Waals surface area contributed by atoms with Crippen LogP contribution in [0.5, 0.6) is 0 Å². The highest BCUT2D eigenvalue weighted by Gasteiger charge is 2.05. The second-order valence-corrected chi connectivity index (χ2v) is 3.70. The lowest BCUT2D eigenvalue weighted by molar-refractivity contribution is 1.000. The third kappa shape index (κ3) is 2.04. The van der Waals surface area contributed by atoms with Gasteiger partial charge in [-0.05, 0) is 24.7 Å². The molecular weight excluding hydrogens is 212 g/mol. The van der Waals surface area contributed by atoms with Gasteiger partial charge in [-0.15, -0.1) is 0 Å². The lowest BCUT2D eigenvalue weighted by Gasteiger charge is -1.98. The second kappa shape index (κ2) is 3.82. The summed E-state index contributed by atoms with van der Waals surface area (Å²) in [5.41, 5.74) is 2.47. The molecule has 0 saturated heterocycles. The SMILES string of the molecule is Cc1[nH]ncc1Cc1c[nH]c(=S)[nH]c1=O. The van der Waals surface area contributed by atoms with Gasteiger partial charge in [0.05, 0.1) is 6.20 Å². The predicted molar refractivity (Wildman–Crippen MR) is 58.4 cm³/mol. The normalized spacial score (nSPS) is 10.5. The van der Waals surface area contributed by atoms with Crippen molar-refractivity contribution in [1.29, 1.82) is 0 Å². The summed E-state index contributed by atoms with van der Waals surface area (Å²) in [6, 6.07) is 0. The summed E-state index contributed by atoms with van der Waals surface area (Å²) < 4.78 is 0.340. The van der Waals surface area contributed by atoms with E-state index in [1.54, 1.807) is 12.4 Å². The maximum atomic E-state index is 11.5. The molecule has 0 radical (unpaired) electrons. The number of aryl methyl sites for hydroxylation is 1. The standard InChI is InChI=1S/C9H10N4OS/c1-5-6(4-11-13-5)2-7-3-10-9(15)12-8(7)14/h3-4H,2H2,1H3,(H,11,13)(H2,10,12,14,15). The molecule has 0 aromatic carbocycles. The number of nitrogens with zero attached hydrogens (tertiary/aromatic N) is 1. The average molecular weight is 222 g/mol. The average Bonchev–Trinajstić information content (AvgIpc) is 2.57. The van der Waals surface area contributed by atoms with Crippen LogP contribution in [0.3, 0.4) is 0 Å². The van der Waals surface area contributed by atoms with Gasteiger partial charge in [0.25, 0.3) is 5.56 Å². The zero-order valence-corrected chi connectivity index (χ0v) is 8.94. The Morgan fingerprint density at radius 3 is 2.87 bits per heavy atom. The molecule has 2 aromatic heterocycles. The first kappa shape index (κ1) is 9.85. The van der Waals surface area contributed by atoms with Gasteiger partial charge < -0.3 is 4.98 Å². The molecule has 0 fully saturated rings. The Morgan fingerprint density at radius 1 is 1.47 bits per heavy atom. The highest BCUT2D eigenvalue weighted by atomic mass is 32.1. The first-order valence-corrected chi connectivity index (χ1v) is 4.87. The molecule has 0 aliphatic carbocycles. The molecule has 0 saturated carbocycles. The van der Waals surface area contributed by atoms with E-state index < -0.39 is 0 Å². The van der Waals surface area contributed by atoms with Crippen LogP contribution >= 0.6 is 12.2 Å². The smallest absolute Gasteiger partial charge is 0.255 e. The van der Waals surface area contributed by atoms with Gasteiger partial charge in [-0.2, -0.15) is 5.10 Å². The summed E-state index contributed by atoms with van der Waals surface area (Å²) >= 11 is 4.80. The highest BCUT2D eigenvalue weighted by Crippen LogP contribution is 2.06. The molecular formula is C9H10N4OS. The van der Waals surface area contributed by atoms with Gasteiger partial charge in [0.1, 0.15) is 0 Å². The van der Waals surface area contributed by atoms with E-state index in [1.807, 2.05) is 6.92 Å². The summed E-state index contributed by atoms with van der Waals surface area (Å²) in [6.07, 6.45) is 3.90. The summed E-state index contributed by atoms with van der Waals surface area (Å²) in [4.78, 5) is 16.8. The van der Waals surface area contributed by atoms with Crippen molar-refractivity contribution in [3.05, 3.63) is 44.3 Å². The Kier molecular flexibility index (Phi) is 2.51. The Morgan fingerprint density at radius 2 is 2.27 bits per heavy atom. The van der Waals surface area contributed by atoms with Gasteiger partial charge in [0.15, 0.2) is 4.77 Å². The third-order valence-corrected chi connectivity index (χ3v) is 2.43. The molecule has 2 aromatic rings. The summed E-state index contributed by atoms with van der Waals surface area (Å²) in [7, 11) is 0. The van der Waals surface area contributed by atoms with Crippen LogP contribution in [-0.4, -0.2) is 20.2 Å². The number of aromatic nitrogens is 4. The van der Waals surface area contributed by atoms with Crippen LogP contribution in [0.2, 0.25) is 0 Å². The fraction of sp³-hybridized carbons (Fsp3) is 0.222. The Bertz CT molecular complexity index is 580. The summed E-state index contributed by atoms with van der Waals surface area (Å²) in [5.74, 6) is 0. The van der Waals surface area contributed by atoms with Gasteiger partial charge in [-0.3, -0.25) is 14.9 Å². The van der Waals surface area contributed by atoms with Crippen molar-refractivity contribution in [2.75, 3.05) is 0 Å². The Hall–Kier alpha value is -1.69. The number of aromatic amines is 3. The number of hydrogen-bond donors (Lipinski definition) is 3. The van der Waals surface area contributed by atoms with E-state index >= 15 is 0 Å². The van der Waals surface area contributed by atoms with Gasteiger partial charge >= 0.3 is 0 Å². The molecule has 3 N–H and O–H groups in total. The van der Waals surface area contributed by atoms with Gasteiger partial charge in [0.2, 0.25) is 0 Å². The molecule has 0 aliphatic heterocycles. The highest BCUT2D eigenvalue weighted by molar-refractivity contribution is 7.71. The number of hydrogen-bond acceptors (Lipinski definition) is 3. The van der Waals surface area contributed by atoms with Crippen LogP contribution in [0.25, 0.3) is 0 Å². The zero-order chi connectivity index (χ0) is 10.8. The van der Waals surface area contributed by atoms with Crippen molar-refractivity contribution in [2.24, 2.45) is 0 Å². The lowest BCUT2D eigenvalue weighted by Crippen LogP contribution is -2.13. The summed E-state index contributed by atoms with van der Waals surface area (Å²) in [6.45, 7) is 1.92. The van der Waals surface area contributed by atoms with Crippen LogP contribution in [-0.2, 0) is 6.42 Å². The molecule has 0 amide bonds. The minimum absolute atomic E-state index is 0.153. The van der Waals surface area contributed by atoms with E-state index in [2.05, 4.69) is 20.2 Å². The number of H-pyrrole nitrogens is 3. The predicted octanol–water partition coefficient (Wildman–Crippen LogP) is 1.05. The third-order valence-electron chi connectivity index (χ3n) is 2.21. The topological polar surface area (TPSA) is 77.3 Å². The monoisotopic (exact) mass is 222 g/mol. The number of rotatable bonds is 2. The largest absolute Gasteiger partial charge is 0.338 e. The quantitative estimate of drug-likeness (QED) is 0.665. The van der Waals surface area contributed by atoms with Gasteiger partial charge in [0, 0.05) is 23.9 Å². The van der Waals surface area contributed by atoms with Gasteiger partial charge in [-0.1, -0.05) is 0 Å². The fourth-order valence-corrected chi connectivity index (χ4v) is 1.48. The van der Waals surface area contributed by atoms with Crippen molar-refractivity contribution >= 4 is 12.2 Å². The molecule has 6 heteroatoms. The Balaban J connectivity index is 2.37. The molecule has 78 valence electrons. The first-order valence-electron chi connectivity index (χ1n) is 4.46. The van der Waals surface area contributed by atoms with Crippen LogP contribution in [0, 0.1) is 11.7 Å². The molecule has 0 spiro atoms. The first-order chi connectivity index (χ1) is 7.16. The zero-order valence-electron chi connectivity index (χ0n) is 8.13. The molecule has 5 nitrogen and oxygen atoms in total. The second-order valence-electron chi connectivity index (χ2n) is 3.29. The van der Waals surface area contributed by atoms with Crippen LogP contribution in [0.15, 0.2) is 17.2 Å². The van der Waals surface area contributed by atoms with Crippen molar-refractivity contribution in [3.63, 3.8) is 0 Å². The minimum Gasteiger partial charge on any atom is -0.338 e. The fourth-order valence-electron chi connectivity index (χ4n) is 1.33. The van der Waals surface area contributed by atoms with E-state index in [1.165, 1.54) is 0 Å². The summed E-state index contributed by atoms with van der Waals surface area (Å²) in [5, 5.41) is 6.72. The van der Waals surface area contributed by atoms with Gasteiger partial charge in [-0.25, -0.2) is 0 Å². The number of nitrogens with one attached hydrogen (secondary N) is 3. The molecule has 0 unspecified atom stereocenters. The van der Waals surface area contributed by atoms with Crippen LogP contribution < -0.4 is 5.56 Å². The van der Waals surface area contributed by atoms with E-state index in [0.717, 1.165) is 11.3 Å². The maximum absolute atomic E-state index is 11.5. The van der Waals surface area contributed by atoms with Crippen molar-refractivity contribution in [3.8, 4) is 0 Å². The molecule has 0 atom stereocenters. The van der Waals surface area contributed by atoms with E-state index in [4.69, 9.17) is 12.2 Å². The molecule has 15 heavy (non-hydrogen) atoms. The van der Waals surface area contributed by atoms with E-state index in [0.29, 0.717) is 16.8 Å². The Labute approximate surface area is 90.6 Å². The molecule has 0 bridgehead atoms. The van der Waals surface area contributed by atoms with Crippen molar-refractivity contribution < 1.29 is 0 Å².